The summed E-state index contributed by atoms with van der Waals surface area (Å²) < 4.78 is 0.908. The van der Waals surface area contributed by atoms with Crippen molar-refractivity contribution in [1.29, 1.82) is 0 Å². The van der Waals surface area contributed by atoms with Gasteiger partial charge in [-0.1, -0.05) is 72.3 Å². The molecule has 3 aromatic carbocycles. The molecule has 1 heterocycles. The first kappa shape index (κ1) is 14.6. The van der Waals surface area contributed by atoms with Crippen LogP contribution >= 0.6 is 27.5 Å². The van der Waals surface area contributed by atoms with Crippen molar-refractivity contribution in [3.63, 3.8) is 0 Å². The van der Waals surface area contributed by atoms with Gasteiger partial charge in [0.1, 0.15) is 0 Å². The lowest BCUT2D eigenvalue weighted by Gasteiger charge is -2.08. The molecule has 4 aromatic rings. The van der Waals surface area contributed by atoms with E-state index < -0.39 is 0 Å². The third kappa shape index (κ3) is 2.48. The van der Waals surface area contributed by atoms with E-state index in [1.54, 1.807) is 0 Å². The summed E-state index contributed by atoms with van der Waals surface area (Å²) in [5.74, 6) is 0. The molecule has 0 fully saturated rings. The summed E-state index contributed by atoms with van der Waals surface area (Å²) in [5.41, 5.74) is 5.64. The monoisotopic (exact) mass is 381 g/mol. The summed E-state index contributed by atoms with van der Waals surface area (Å²) in [7, 11) is 0. The maximum absolute atomic E-state index is 6.30. The number of para-hydroxylation sites is 1. The highest BCUT2D eigenvalue weighted by atomic mass is 79.9. The predicted octanol–water partition coefficient (Wildman–Crippen LogP) is 6.92. The molecule has 0 aliphatic carbocycles. The maximum atomic E-state index is 6.30. The van der Waals surface area contributed by atoms with Gasteiger partial charge >= 0.3 is 0 Å². The summed E-state index contributed by atoms with van der Waals surface area (Å²) in [6.45, 7) is 0. The molecule has 0 amide bonds. The molecule has 0 atom stereocenters. The zero-order valence-electron chi connectivity index (χ0n) is 12.2. The molecule has 0 bridgehead atoms. The Bertz CT molecular complexity index is 989. The van der Waals surface area contributed by atoms with Crippen LogP contribution in [-0.4, -0.2) is 4.98 Å². The highest BCUT2D eigenvalue weighted by Crippen LogP contribution is 2.42. The first-order chi connectivity index (χ1) is 11.3. The lowest BCUT2D eigenvalue weighted by molar-refractivity contribution is 1.44. The summed E-state index contributed by atoms with van der Waals surface area (Å²) >= 11 is 9.93. The molecule has 1 nitrogen and oxygen atoms in total. The Hall–Kier alpha value is -2.03. The lowest BCUT2D eigenvalue weighted by Crippen LogP contribution is -1.85. The van der Waals surface area contributed by atoms with Gasteiger partial charge in [0.05, 0.1) is 10.7 Å². The molecule has 0 radical (unpaired) electrons. The summed E-state index contributed by atoms with van der Waals surface area (Å²) in [4.78, 5) is 3.56. The number of hydrogen-bond donors (Lipinski definition) is 1. The topological polar surface area (TPSA) is 15.8 Å². The Morgan fingerprint density at radius 3 is 2.35 bits per heavy atom. The molecule has 0 spiro atoms. The van der Waals surface area contributed by atoms with Crippen LogP contribution in [0.5, 0.6) is 0 Å². The van der Waals surface area contributed by atoms with Gasteiger partial charge in [0.2, 0.25) is 0 Å². The van der Waals surface area contributed by atoms with Crippen LogP contribution in [-0.2, 0) is 0 Å². The Morgan fingerprint density at radius 1 is 0.783 bits per heavy atom. The molecule has 0 aliphatic rings. The number of nitrogens with one attached hydrogen (secondary N) is 1. The zero-order chi connectivity index (χ0) is 15.8. The van der Waals surface area contributed by atoms with E-state index in [1.807, 2.05) is 24.3 Å². The molecule has 4 rings (SSSR count). The van der Waals surface area contributed by atoms with Gasteiger partial charge < -0.3 is 4.98 Å². The van der Waals surface area contributed by atoms with Gasteiger partial charge in [-0.3, -0.25) is 0 Å². The van der Waals surface area contributed by atoms with E-state index >= 15 is 0 Å². The number of aromatic amines is 1. The Morgan fingerprint density at radius 2 is 1.52 bits per heavy atom. The van der Waals surface area contributed by atoms with Crippen LogP contribution in [0.25, 0.3) is 33.3 Å². The van der Waals surface area contributed by atoms with E-state index in [0.717, 1.165) is 21.2 Å². The van der Waals surface area contributed by atoms with E-state index in [0.29, 0.717) is 5.02 Å². The lowest BCUT2D eigenvalue weighted by atomic mass is 9.98. The fraction of sp³-hybridized carbons (Fsp3) is 0. The third-order valence-corrected chi connectivity index (χ3v) is 5.39. The molecule has 0 saturated carbocycles. The molecule has 1 aromatic heterocycles. The van der Waals surface area contributed by atoms with Crippen molar-refractivity contribution in [3.05, 3.63) is 82.3 Å². The van der Waals surface area contributed by atoms with Crippen molar-refractivity contribution in [3.8, 4) is 22.4 Å². The largest absolute Gasteiger partial charge is 0.354 e. The van der Waals surface area contributed by atoms with Crippen molar-refractivity contribution < 1.29 is 0 Å². The maximum Gasteiger partial charge on any atom is 0.0556 e. The van der Waals surface area contributed by atoms with Crippen LogP contribution < -0.4 is 0 Å². The Kier molecular flexibility index (Phi) is 3.72. The van der Waals surface area contributed by atoms with Crippen LogP contribution in [0.4, 0.5) is 0 Å². The molecular weight excluding hydrogens is 370 g/mol. The number of halogens is 2. The van der Waals surface area contributed by atoms with Gasteiger partial charge in [-0.25, -0.2) is 0 Å². The second-order valence-electron chi connectivity index (χ2n) is 5.39. The van der Waals surface area contributed by atoms with Gasteiger partial charge in [0, 0.05) is 26.5 Å². The standard InChI is InChI=1S/C20H13BrClN/c21-19-15(10-6-11-16(19)22)20-18(13-7-2-1-3-8-13)14-9-4-5-12-17(14)23-20/h1-12,23H. The van der Waals surface area contributed by atoms with Gasteiger partial charge in [-0.2, -0.15) is 0 Å². The second kappa shape index (κ2) is 5.88. The smallest absolute Gasteiger partial charge is 0.0556 e. The number of aromatic nitrogens is 1. The van der Waals surface area contributed by atoms with Gasteiger partial charge in [0.15, 0.2) is 0 Å². The van der Waals surface area contributed by atoms with Crippen LogP contribution in [0.15, 0.2) is 77.3 Å². The molecule has 0 unspecified atom stereocenters. The quantitative estimate of drug-likeness (QED) is 0.387. The van der Waals surface area contributed by atoms with Gasteiger partial charge in [-0.15, -0.1) is 0 Å². The number of benzene rings is 3. The first-order valence-corrected chi connectivity index (χ1v) is 8.53. The van der Waals surface area contributed by atoms with Crippen LogP contribution in [0.1, 0.15) is 0 Å². The average molecular weight is 383 g/mol. The molecule has 0 aliphatic heterocycles. The number of fused-ring (bicyclic) bond motifs is 1. The van der Waals surface area contributed by atoms with Gasteiger partial charge in [-0.05, 0) is 33.6 Å². The first-order valence-electron chi connectivity index (χ1n) is 7.36. The van der Waals surface area contributed by atoms with Crippen LogP contribution in [0, 0.1) is 0 Å². The average Bonchev–Trinajstić information content (AvgIpc) is 2.97. The van der Waals surface area contributed by atoms with E-state index in [4.69, 9.17) is 11.6 Å². The fourth-order valence-electron chi connectivity index (χ4n) is 2.95. The second-order valence-corrected chi connectivity index (χ2v) is 6.59. The molecule has 3 heteroatoms. The van der Waals surface area contributed by atoms with Crippen molar-refractivity contribution in [2.75, 3.05) is 0 Å². The summed E-state index contributed by atoms with van der Waals surface area (Å²) in [6, 6.07) is 24.7. The van der Waals surface area contributed by atoms with Gasteiger partial charge in [0.25, 0.3) is 0 Å². The van der Waals surface area contributed by atoms with E-state index in [-0.39, 0.29) is 0 Å². The molecule has 112 valence electrons. The summed E-state index contributed by atoms with van der Waals surface area (Å²) in [6.07, 6.45) is 0. The third-order valence-electron chi connectivity index (χ3n) is 3.99. The zero-order valence-corrected chi connectivity index (χ0v) is 14.5. The number of H-pyrrole nitrogens is 1. The number of rotatable bonds is 2. The van der Waals surface area contributed by atoms with Crippen molar-refractivity contribution >= 4 is 38.4 Å². The predicted molar refractivity (Wildman–Crippen MR) is 102 cm³/mol. The molecule has 0 saturated heterocycles. The normalized spacial score (nSPS) is 11.0. The van der Waals surface area contributed by atoms with Crippen molar-refractivity contribution in [2.45, 2.75) is 0 Å². The van der Waals surface area contributed by atoms with Crippen LogP contribution in [0.2, 0.25) is 5.02 Å². The number of hydrogen-bond acceptors (Lipinski definition) is 0. The van der Waals surface area contributed by atoms with E-state index in [1.165, 1.54) is 16.5 Å². The van der Waals surface area contributed by atoms with Crippen molar-refractivity contribution in [2.24, 2.45) is 0 Å². The van der Waals surface area contributed by atoms with E-state index in [9.17, 15) is 0 Å². The highest BCUT2D eigenvalue weighted by Gasteiger charge is 2.17. The van der Waals surface area contributed by atoms with Crippen molar-refractivity contribution in [1.82, 2.24) is 4.98 Å². The summed E-state index contributed by atoms with van der Waals surface area (Å²) in [5, 5.41) is 1.92. The van der Waals surface area contributed by atoms with E-state index in [2.05, 4.69) is 69.4 Å². The van der Waals surface area contributed by atoms with Crippen LogP contribution in [0.3, 0.4) is 0 Å². The SMILES string of the molecule is Clc1cccc(-c2[nH]c3ccccc3c2-c2ccccc2)c1Br. The molecular formula is C20H13BrClN. The Labute approximate surface area is 148 Å². The minimum atomic E-state index is 0.708. The molecule has 23 heavy (non-hydrogen) atoms. The molecule has 1 N–H and O–H groups in total. The highest BCUT2D eigenvalue weighted by molar-refractivity contribution is 9.10. The Balaban J connectivity index is 2.09. The minimum Gasteiger partial charge on any atom is -0.354 e. The fourth-order valence-corrected chi connectivity index (χ4v) is 3.58. The minimum absolute atomic E-state index is 0.708.